The number of ether oxygens (including phenoxy) is 1. The van der Waals surface area contributed by atoms with Crippen molar-refractivity contribution in [1.29, 1.82) is 0 Å². The fourth-order valence-corrected chi connectivity index (χ4v) is 2.66. The SMILES string of the molecule is CCCOc1ccc(C(C)(C)C)cc1C(C)CC(O)C(O)CC. The molecule has 0 saturated heterocycles. The van der Waals surface area contributed by atoms with E-state index in [9.17, 15) is 10.2 Å². The van der Waals surface area contributed by atoms with Crippen molar-refractivity contribution in [3.05, 3.63) is 29.3 Å². The largest absolute Gasteiger partial charge is 0.493 e. The first kappa shape index (κ1) is 20.0. The van der Waals surface area contributed by atoms with E-state index in [1.807, 2.05) is 13.0 Å². The lowest BCUT2D eigenvalue weighted by Crippen LogP contribution is -2.26. The minimum atomic E-state index is -0.702. The number of hydrogen-bond donors (Lipinski definition) is 2. The van der Waals surface area contributed by atoms with Gasteiger partial charge in [-0.1, -0.05) is 53.7 Å². The molecule has 0 aliphatic rings. The van der Waals surface area contributed by atoms with Crippen LogP contribution in [0, 0.1) is 0 Å². The summed E-state index contributed by atoms with van der Waals surface area (Å²) in [6.45, 7) is 13.3. The van der Waals surface area contributed by atoms with Gasteiger partial charge in [0.05, 0.1) is 18.8 Å². The zero-order valence-corrected chi connectivity index (χ0v) is 15.6. The summed E-state index contributed by atoms with van der Waals surface area (Å²) in [6.07, 6.45) is 0.697. The Morgan fingerprint density at radius 2 is 1.74 bits per heavy atom. The molecule has 0 bridgehead atoms. The Bertz CT molecular complexity index is 476. The molecule has 0 radical (unpaired) electrons. The molecule has 0 spiro atoms. The highest BCUT2D eigenvalue weighted by Crippen LogP contribution is 2.35. The molecular weight excluding hydrogens is 288 g/mol. The Hall–Kier alpha value is -1.06. The van der Waals surface area contributed by atoms with E-state index < -0.39 is 12.2 Å². The van der Waals surface area contributed by atoms with Gasteiger partial charge in [-0.15, -0.1) is 0 Å². The van der Waals surface area contributed by atoms with Gasteiger partial charge < -0.3 is 14.9 Å². The van der Waals surface area contributed by atoms with Crippen LogP contribution in [0.4, 0.5) is 0 Å². The molecule has 1 aromatic carbocycles. The maximum Gasteiger partial charge on any atom is 0.122 e. The molecule has 3 nitrogen and oxygen atoms in total. The molecule has 0 heterocycles. The lowest BCUT2D eigenvalue weighted by molar-refractivity contribution is 0.00941. The van der Waals surface area contributed by atoms with Crippen molar-refractivity contribution in [3.8, 4) is 5.75 Å². The summed E-state index contributed by atoms with van der Waals surface area (Å²) >= 11 is 0. The maximum atomic E-state index is 10.2. The molecule has 1 aromatic rings. The molecule has 0 amide bonds. The highest BCUT2D eigenvalue weighted by atomic mass is 16.5. The molecule has 0 aliphatic carbocycles. The van der Waals surface area contributed by atoms with Crippen molar-refractivity contribution in [2.24, 2.45) is 0 Å². The summed E-state index contributed by atoms with van der Waals surface area (Å²) in [5.41, 5.74) is 2.45. The first-order valence-electron chi connectivity index (χ1n) is 8.84. The zero-order valence-electron chi connectivity index (χ0n) is 15.6. The van der Waals surface area contributed by atoms with Crippen molar-refractivity contribution in [2.45, 2.75) is 84.3 Å². The Morgan fingerprint density at radius 3 is 2.26 bits per heavy atom. The Balaban J connectivity index is 3.07. The van der Waals surface area contributed by atoms with E-state index in [0.29, 0.717) is 19.4 Å². The van der Waals surface area contributed by atoms with Gasteiger partial charge in [0.15, 0.2) is 0 Å². The van der Waals surface area contributed by atoms with Gasteiger partial charge in [0.2, 0.25) is 0 Å². The topological polar surface area (TPSA) is 49.7 Å². The summed E-state index contributed by atoms with van der Waals surface area (Å²) in [6, 6.07) is 6.37. The van der Waals surface area contributed by atoms with Gasteiger partial charge in [-0.25, -0.2) is 0 Å². The molecule has 3 unspecified atom stereocenters. The van der Waals surface area contributed by atoms with E-state index in [-0.39, 0.29) is 11.3 Å². The number of hydrogen-bond acceptors (Lipinski definition) is 3. The van der Waals surface area contributed by atoms with E-state index in [1.165, 1.54) is 5.56 Å². The maximum absolute atomic E-state index is 10.2. The molecule has 1 rings (SSSR count). The molecule has 0 fully saturated rings. The molecule has 0 aromatic heterocycles. The second-order valence-electron chi connectivity index (χ2n) is 7.53. The highest BCUT2D eigenvalue weighted by molar-refractivity contribution is 5.41. The Labute approximate surface area is 141 Å². The van der Waals surface area contributed by atoms with Crippen LogP contribution in [0.1, 0.15) is 77.8 Å². The average Bonchev–Trinajstić information content (AvgIpc) is 2.50. The van der Waals surface area contributed by atoms with Crippen molar-refractivity contribution >= 4 is 0 Å². The van der Waals surface area contributed by atoms with Gasteiger partial charge in [0.25, 0.3) is 0 Å². The van der Waals surface area contributed by atoms with Gasteiger partial charge in [-0.3, -0.25) is 0 Å². The van der Waals surface area contributed by atoms with E-state index in [0.717, 1.165) is 17.7 Å². The molecule has 3 atom stereocenters. The van der Waals surface area contributed by atoms with Crippen molar-refractivity contribution in [2.75, 3.05) is 6.61 Å². The van der Waals surface area contributed by atoms with E-state index in [4.69, 9.17) is 4.74 Å². The minimum Gasteiger partial charge on any atom is -0.493 e. The van der Waals surface area contributed by atoms with Crippen LogP contribution >= 0.6 is 0 Å². The van der Waals surface area contributed by atoms with Crippen LogP contribution in [0.2, 0.25) is 0 Å². The second kappa shape index (κ2) is 8.70. The van der Waals surface area contributed by atoms with Gasteiger partial charge in [0, 0.05) is 0 Å². The van der Waals surface area contributed by atoms with Gasteiger partial charge in [-0.05, 0) is 47.8 Å². The van der Waals surface area contributed by atoms with Crippen LogP contribution in [0.25, 0.3) is 0 Å². The van der Waals surface area contributed by atoms with E-state index in [2.05, 4.69) is 46.8 Å². The van der Waals surface area contributed by atoms with Gasteiger partial charge in [-0.2, -0.15) is 0 Å². The van der Waals surface area contributed by atoms with Crippen LogP contribution in [0.15, 0.2) is 18.2 Å². The van der Waals surface area contributed by atoms with Crippen LogP contribution in [0.3, 0.4) is 0 Å². The summed E-state index contributed by atoms with van der Waals surface area (Å²) in [5.74, 6) is 1.02. The van der Waals surface area contributed by atoms with Crippen LogP contribution in [-0.4, -0.2) is 29.0 Å². The molecule has 132 valence electrons. The van der Waals surface area contributed by atoms with Crippen LogP contribution in [-0.2, 0) is 5.41 Å². The molecule has 0 saturated carbocycles. The summed E-state index contributed by atoms with van der Waals surface area (Å²) in [4.78, 5) is 0. The van der Waals surface area contributed by atoms with E-state index in [1.54, 1.807) is 0 Å². The quantitative estimate of drug-likeness (QED) is 0.746. The third-order valence-corrected chi connectivity index (χ3v) is 4.33. The van der Waals surface area contributed by atoms with Crippen LogP contribution in [0.5, 0.6) is 5.75 Å². The molecule has 23 heavy (non-hydrogen) atoms. The molecular formula is C20H34O3. The molecule has 0 aliphatic heterocycles. The lowest BCUT2D eigenvalue weighted by Gasteiger charge is -2.25. The first-order valence-corrected chi connectivity index (χ1v) is 8.84. The molecule has 3 heteroatoms. The average molecular weight is 322 g/mol. The zero-order chi connectivity index (χ0) is 17.6. The standard InChI is InChI=1S/C20H34O3/c1-7-11-23-19-10-9-15(20(4,5)6)13-16(19)14(3)12-18(22)17(21)8-2/h9-10,13-14,17-18,21-22H,7-8,11-12H2,1-6H3. The second-order valence-corrected chi connectivity index (χ2v) is 7.53. The molecule has 2 N–H and O–H groups in total. The summed E-state index contributed by atoms with van der Waals surface area (Å²) in [5, 5.41) is 20.0. The first-order chi connectivity index (χ1) is 10.7. The number of aliphatic hydroxyl groups is 2. The number of aliphatic hydroxyl groups excluding tert-OH is 2. The minimum absolute atomic E-state index is 0.0688. The van der Waals surface area contributed by atoms with Crippen LogP contribution < -0.4 is 4.74 Å². The van der Waals surface area contributed by atoms with Crippen molar-refractivity contribution in [1.82, 2.24) is 0 Å². The normalized spacial score (nSPS) is 16.0. The number of benzene rings is 1. The lowest BCUT2D eigenvalue weighted by atomic mass is 9.83. The predicted molar refractivity (Wildman–Crippen MR) is 96.3 cm³/mol. The smallest absolute Gasteiger partial charge is 0.122 e. The Morgan fingerprint density at radius 1 is 1.09 bits per heavy atom. The fraction of sp³-hybridized carbons (Fsp3) is 0.700. The van der Waals surface area contributed by atoms with Gasteiger partial charge in [0.1, 0.15) is 5.75 Å². The Kier molecular flexibility index (Phi) is 7.56. The summed E-state index contributed by atoms with van der Waals surface area (Å²) in [7, 11) is 0. The number of rotatable bonds is 8. The fourth-order valence-electron chi connectivity index (χ4n) is 2.66. The van der Waals surface area contributed by atoms with Crippen molar-refractivity contribution in [3.63, 3.8) is 0 Å². The highest BCUT2D eigenvalue weighted by Gasteiger charge is 2.23. The van der Waals surface area contributed by atoms with E-state index >= 15 is 0 Å². The third-order valence-electron chi connectivity index (χ3n) is 4.33. The third kappa shape index (κ3) is 5.82. The van der Waals surface area contributed by atoms with Crippen molar-refractivity contribution < 1.29 is 14.9 Å². The van der Waals surface area contributed by atoms with Gasteiger partial charge >= 0.3 is 0 Å². The summed E-state index contributed by atoms with van der Waals surface area (Å²) < 4.78 is 5.90. The monoisotopic (exact) mass is 322 g/mol. The predicted octanol–water partition coefficient (Wildman–Crippen LogP) is 4.40.